The molecule has 0 aliphatic rings. The quantitative estimate of drug-likeness (QED) is 0.0505. The lowest BCUT2D eigenvalue weighted by Gasteiger charge is -2.13. The predicted octanol–water partition coefficient (Wildman–Crippen LogP) is -0.696. The number of carbonyl (C=O) groups is 4. The van der Waals surface area contributed by atoms with Crippen LogP contribution in [-0.4, -0.2) is 106 Å². The molecule has 0 rings (SSSR count). The standard InChI is InChI=1S/C18H31N5O10/c19-23-21-4-6-31-8-10-33-12-11-32-9-7-30-5-3-20-15(24)2-1-14(18(28)29)22-16(25)13-17(26)27/h14H,1-13H2,(H,20,24)(H,22,25)(H,26,27)(H,28,29). The number of carboxylic acid groups (broad SMARTS) is 2. The van der Waals surface area contributed by atoms with Gasteiger partial charge in [0.25, 0.3) is 0 Å². The summed E-state index contributed by atoms with van der Waals surface area (Å²) >= 11 is 0. The first-order chi connectivity index (χ1) is 15.9. The number of rotatable bonds is 22. The Morgan fingerprint density at radius 3 is 1.91 bits per heavy atom. The van der Waals surface area contributed by atoms with Gasteiger partial charge in [-0.05, 0) is 12.0 Å². The van der Waals surface area contributed by atoms with Gasteiger partial charge in [0.15, 0.2) is 0 Å². The van der Waals surface area contributed by atoms with Crippen LogP contribution < -0.4 is 10.6 Å². The van der Waals surface area contributed by atoms with Crippen molar-refractivity contribution in [2.45, 2.75) is 25.3 Å². The zero-order valence-electron chi connectivity index (χ0n) is 18.3. The number of aliphatic carboxylic acids is 2. The van der Waals surface area contributed by atoms with Crippen molar-refractivity contribution in [2.75, 3.05) is 65.9 Å². The fourth-order valence-electron chi connectivity index (χ4n) is 2.18. The van der Waals surface area contributed by atoms with Gasteiger partial charge in [-0.25, -0.2) is 4.79 Å². The zero-order valence-corrected chi connectivity index (χ0v) is 18.3. The van der Waals surface area contributed by atoms with Gasteiger partial charge in [-0.1, -0.05) is 5.11 Å². The SMILES string of the molecule is [N-]=[N+]=NCCOCCOCCOCCOCCNC(=O)CCC(NC(=O)CC(=O)O)C(=O)O. The van der Waals surface area contributed by atoms with E-state index >= 15 is 0 Å². The van der Waals surface area contributed by atoms with Gasteiger partial charge >= 0.3 is 11.9 Å². The van der Waals surface area contributed by atoms with E-state index in [1.807, 2.05) is 0 Å². The minimum Gasteiger partial charge on any atom is -0.481 e. The van der Waals surface area contributed by atoms with Crippen molar-refractivity contribution in [3.05, 3.63) is 10.4 Å². The molecule has 0 heterocycles. The van der Waals surface area contributed by atoms with Crippen LogP contribution in [0.2, 0.25) is 0 Å². The van der Waals surface area contributed by atoms with Crippen LogP contribution in [0.5, 0.6) is 0 Å². The molecule has 2 amide bonds. The van der Waals surface area contributed by atoms with Crippen molar-refractivity contribution in [1.29, 1.82) is 0 Å². The van der Waals surface area contributed by atoms with Gasteiger partial charge < -0.3 is 39.8 Å². The molecule has 0 aromatic rings. The molecular weight excluding hydrogens is 446 g/mol. The van der Waals surface area contributed by atoms with Gasteiger partial charge in [0.1, 0.15) is 12.5 Å². The van der Waals surface area contributed by atoms with Crippen molar-refractivity contribution in [2.24, 2.45) is 5.11 Å². The van der Waals surface area contributed by atoms with E-state index < -0.39 is 36.2 Å². The van der Waals surface area contributed by atoms with E-state index in [1.54, 1.807) is 0 Å². The van der Waals surface area contributed by atoms with Gasteiger partial charge in [-0.15, -0.1) is 0 Å². The highest BCUT2D eigenvalue weighted by Crippen LogP contribution is 1.99. The molecule has 0 aliphatic carbocycles. The molecule has 0 aliphatic heterocycles. The minimum absolute atomic E-state index is 0.160. The summed E-state index contributed by atoms with van der Waals surface area (Å²) in [6.07, 6.45) is -1.18. The Balaban J connectivity index is 3.57. The smallest absolute Gasteiger partial charge is 0.326 e. The zero-order chi connectivity index (χ0) is 24.7. The Morgan fingerprint density at radius 1 is 0.848 bits per heavy atom. The highest BCUT2D eigenvalue weighted by molar-refractivity contribution is 5.95. The van der Waals surface area contributed by atoms with Crippen LogP contribution in [0.25, 0.3) is 10.4 Å². The van der Waals surface area contributed by atoms with Gasteiger partial charge in [0.05, 0.1) is 52.9 Å². The van der Waals surface area contributed by atoms with E-state index in [0.29, 0.717) is 46.2 Å². The maximum Gasteiger partial charge on any atom is 0.326 e. The molecule has 33 heavy (non-hydrogen) atoms. The summed E-state index contributed by atoms with van der Waals surface area (Å²) < 4.78 is 21.0. The van der Waals surface area contributed by atoms with E-state index in [0.717, 1.165) is 0 Å². The summed E-state index contributed by atoms with van der Waals surface area (Å²) in [6, 6.07) is -1.35. The largest absolute Gasteiger partial charge is 0.481 e. The summed E-state index contributed by atoms with van der Waals surface area (Å²) in [5.41, 5.74) is 8.08. The van der Waals surface area contributed by atoms with Crippen molar-refractivity contribution in [3.63, 3.8) is 0 Å². The fourth-order valence-corrected chi connectivity index (χ4v) is 2.18. The highest BCUT2D eigenvalue weighted by atomic mass is 16.6. The summed E-state index contributed by atoms with van der Waals surface area (Å²) in [5, 5.41) is 25.5. The van der Waals surface area contributed by atoms with E-state index in [4.69, 9.17) is 34.7 Å². The third kappa shape index (κ3) is 20.7. The van der Waals surface area contributed by atoms with Gasteiger partial charge in [-0.2, -0.15) is 0 Å². The van der Waals surface area contributed by atoms with Crippen LogP contribution in [-0.2, 0) is 38.1 Å². The van der Waals surface area contributed by atoms with Crippen molar-refractivity contribution < 1.29 is 48.3 Å². The molecule has 0 spiro atoms. The number of nitrogens with zero attached hydrogens (tertiary/aromatic N) is 3. The first-order valence-corrected chi connectivity index (χ1v) is 10.2. The number of amides is 2. The molecule has 0 aromatic heterocycles. The topological polar surface area (TPSA) is 218 Å². The van der Waals surface area contributed by atoms with Crippen LogP contribution in [0, 0.1) is 0 Å². The molecule has 1 unspecified atom stereocenters. The van der Waals surface area contributed by atoms with Crippen LogP contribution in [0.4, 0.5) is 0 Å². The second-order valence-electron chi connectivity index (χ2n) is 6.32. The Hall–Kier alpha value is -2.97. The predicted molar refractivity (Wildman–Crippen MR) is 111 cm³/mol. The minimum atomic E-state index is -1.38. The van der Waals surface area contributed by atoms with Crippen molar-refractivity contribution in [1.82, 2.24) is 10.6 Å². The Bertz CT molecular complexity index is 642. The summed E-state index contributed by atoms with van der Waals surface area (Å²) in [4.78, 5) is 47.2. The fraction of sp³-hybridized carbons (Fsp3) is 0.778. The molecule has 0 radical (unpaired) electrons. The number of hydrogen-bond acceptors (Lipinski definition) is 9. The molecule has 15 nitrogen and oxygen atoms in total. The maximum atomic E-state index is 11.7. The second-order valence-corrected chi connectivity index (χ2v) is 6.32. The Kier molecular flexibility index (Phi) is 19.0. The van der Waals surface area contributed by atoms with Gasteiger partial charge in [0.2, 0.25) is 11.8 Å². The second kappa shape index (κ2) is 20.9. The monoisotopic (exact) mass is 477 g/mol. The molecule has 4 N–H and O–H groups in total. The molecule has 0 bridgehead atoms. The van der Waals surface area contributed by atoms with E-state index in [-0.39, 0.29) is 32.5 Å². The molecule has 0 saturated heterocycles. The van der Waals surface area contributed by atoms with E-state index in [1.165, 1.54) is 0 Å². The van der Waals surface area contributed by atoms with E-state index in [9.17, 15) is 19.2 Å². The average molecular weight is 477 g/mol. The maximum absolute atomic E-state index is 11.7. The van der Waals surface area contributed by atoms with Crippen LogP contribution in [0.3, 0.4) is 0 Å². The number of ether oxygens (including phenoxy) is 4. The lowest BCUT2D eigenvalue weighted by molar-refractivity contribution is -0.145. The third-order valence-electron chi connectivity index (χ3n) is 3.69. The number of carboxylic acids is 2. The molecule has 0 saturated carbocycles. The van der Waals surface area contributed by atoms with Crippen LogP contribution in [0.1, 0.15) is 19.3 Å². The molecule has 15 heteroatoms. The number of carbonyl (C=O) groups excluding carboxylic acids is 2. The molecule has 0 aromatic carbocycles. The van der Waals surface area contributed by atoms with Crippen LogP contribution >= 0.6 is 0 Å². The van der Waals surface area contributed by atoms with E-state index in [2.05, 4.69) is 20.7 Å². The normalized spacial score (nSPS) is 11.3. The first kappa shape index (κ1) is 30.0. The number of azide groups is 1. The van der Waals surface area contributed by atoms with Crippen LogP contribution in [0.15, 0.2) is 5.11 Å². The van der Waals surface area contributed by atoms with Gasteiger partial charge in [0, 0.05) is 24.4 Å². The molecular formula is C18H31N5O10. The number of nitrogens with one attached hydrogen (secondary N) is 2. The highest BCUT2D eigenvalue weighted by Gasteiger charge is 2.21. The molecule has 1 atom stereocenters. The summed E-state index contributed by atoms with van der Waals surface area (Å²) in [7, 11) is 0. The Labute approximate surface area is 190 Å². The summed E-state index contributed by atoms with van der Waals surface area (Å²) in [6.45, 7) is 3.30. The lowest BCUT2D eigenvalue weighted by atomic mass is 10.1. The Morgan fingerprint density at radius 2 is 1.39 bits per heavy atom. The number of hydrogen-bond donors (Lipinski definition) is 4. The average Bonchev–Trinajstić information content (AvgIpc) is 2.75. The third-order valence-corrected chi connectivity index (χ3v) is 3.69. The van der Waals surface area contributed by atoms with Crippen molar-refractivity contribution in [3.8, 4) is 0 Å². The van der Waals surface area contributed by atoms with Gasteiger partial charge in [-0.3, -0.25) is 14.4 Å². The molecule has 188 valence electrons. The summed E-state index contributed by atoms with van der Waals surface area (Å²) in [5.74, 6) is -4.10. The first-order valence-electron chi connectivity index (χ1n) is 10.2. The molecule has 0 fully saturated rings. The lowest BCUT2D eigenvalue weighted by Crippen LogP contribution is -2.42. The van der Waals surface area contributed by atoms with Crippen molar-refractivity contribution >= 4 is 23.8 Å².